The largest absolute Gasteiger partial charge is 0.508 e. The zero-order chi connectivity index (χ0) is 12.1. The van der Waals surface area contributed by atoms with Crippen LogP contribution in [-0.4, -0.2) is 25.0 Å². The van der Waals surface area contributed by atoms with E-state index in [4.69, 9.17) is 9.90 Å². The fourth-order valence-corrected chi connectivity index (χ4v) is 0.511. The molecule has 0 saturated heterocycles. The van der Waals surface area contributed by atoms with Gasteiger partial charge in [0.1, 0.15) is 12.5 Å². The third-order valence-corrected chi connectivity index (χ3v) is 1.12. The maximum absolute atomic E-state index is 9.84. The molecule has 1 N–H and O–H groups in total. The van der Waals surface area contributed by atoms with Crippen molar-refractivity contribution in [3.05, 3.63) is 43.0 Å². The van der Waals surface area contributed by atoms with Crippen molar-refractivity contribution in [2.45, 2.75) is 0 Å². The fourth-order valence-electron chi connectivity index (χ4n) is 0.511. The Morgan fingerprint density at radius 2 is 1.80 bits per heavy atom. The molecule has 4 heteroatoms. The number of rotatable bonds is 1. The average Bonchev–Trinajstić information content (AvgIpc) is 2.32. The maximum atomic E-state index is 9.84. The van der Waals surface area contributed by atoms with Crippen LogP contribution in [-0.2, 0) is 14.3 Å². The average molecular weight is 210 g/mol. The number of hydrogen-bond donors (Lipinski definition) is 1. The zero-order valence-corrected chi connectivity index (χ0v) is 8.55. The van der Waals surface area contributed by atoms with Gasteiger partial charge in [0, 0.05) is 6.08 Å². The zero-order valence-electron chi connectivity index (χ0n) is 8.55. The Morgan fingerprint density at radius 1 is 1.33 bits per heavy atom. The van der Waals surface area contributed by atoms with Crippen molar-refractivity contribution in [2.75, 3.05) is 7.11 Å². The first-order valence-corrected chi connectivity index (χ1v) is 3.94. The second-order valence-electron chi connectivity index (χ2n) is 2.06. The Balaban J connectivity index is 0. The summed E-state index contributed by atoms with van der Waals surface area (Å²) >= 11 is 0. The number of aromatic hydroxyl groups is 1. The van der Waals surface area contributed by atoms with Gasteiger partial charge in [0.05, 0.1) is 7.11 Å². The Morgan fingerprint density at radius 3 is 1.93 bits per heavy atom. The Labute approximate surface area is 88.8 Å². The molecular weight excluding hydrogens is 196 g/mol. The van der Waals surface area contributed by atoms with Gasteiger partial charge in [-0.1, -0.05) is 24.8 Å². The van der Waals surface area contributed by atoms with Crippen LogP contribution in [0.25, 0.3) is 0 Å². The number of methoxy groups -OCH3 is 1. The maximum Gasteiger partial charge on any atom is 0.329 e. The van der Waals surface area contributed by atoms with Crippen molar-refractivity contribution in [3.63, 3.8) is 0 Å². The van der Waals surface area contributed by atoms with Gasteiger partial charge in [-0.15, -0.1) is 0 Å². The lowest BCUT2D eigenvalue weighted by Crippen LogP contribution is -1.91. The van der Waals surface area contributed by atoms with Gasteiger partial charge in [0.15, 0.2) is 0 Å². The van der Waals surface area contributed by atoms with Gasteiger partial charge in [0.2, 0.25) is 0 Å². The molecule has 82 valence electrons. The van der Waals surface area contributed by atoms with Crippen LogP contribution in [0.2, 0.25) is 0 Å². The summed E-state index contributed by atoms with van der Waals surface area (Å²) in [5, 5.41) is 8.63. The molecule has 0 aliphatic heterocycles. The molecule has 0 aliphatic carbocycles. The van der Waals surface area contributed by atoms with Crippen LogP contribution in [0.1, 0.15) is 0 Å². The topological polar surface area (TPSA) is 63.6 Å². The molecule has 0 unspecified atom stereocenters. The molecular formula is C11H14O4. The third-order valence-electron chi connectivity index (χ3n) is 1.12. The van der Waals surface area contributed by atoms with Crippen LogP contribution in [0, 0.1) is 0 Å². The Kier molecular flexibility index (Phi) is 12.2. The van der Waals surface area contributed by atoms with Crippen molar-refractivity contribution >= 4 is 12.8 Å². The monoisotopic (exact) mass is 210 g/mol. The second-order valence-corrected chi connectivity index (χ2v) is 2.06. The highest BCUT2D eigenvalue weighted by molar-refractivity contribution is 5.80. The molecule has 0 fully saturated rings. The summed E-state index contributed by atoms with van der Waals surface area (Å²) in [6, 6.07) is 8.71. The number of esters is 1. The molecule has 0 amide bonds. The number of phenols is 1. The van der Waals surface area contributed by atoms with E-state index in [1.807, 2.05) is 12.9 Å². The van der Waals surface area contributed by atoms with Gasteiger partial charge in [-0.25, -0.2) is 4.79 Å². The minimum absolute atomic E-state index is 0.322. The molecule has 0 spiro atoms. The van der Waals surface area contributed by atoms with Crippen LogP contribution >= 0.6 is 0 Å². The molecule has 0 aliphatic rings. The molecule has 1 aromatic rings. The predicted molar refractivity (Wildman–Crippen MR) is 57.4 cm³/mol. The Hall–Kier alpha value is -2.10. The minimum Gasteiger partial charge on any atom is -0.508 e. The van der Waals surface area contributed by atoms with Crippen LogP contribution < -0.4 is 0 Å². The molecule has 0 radical (unpaired) electrons. The van der Waals surface area contributed by atoms with Crippen molar-refractivity contribution in [3.8, 4) is 5.75 Å². The van der Waals surface area contributed by atoms with Crippen LogP contribution in [0.5, 0.6) is 5.75 Å². The number of benzene rings is 1. The first-order valence-electron chi connectivity index (χ1n) is 3.94. The van der Waals surface area contributed by atoms with E-state index in [0.29, 0.717) is 5.75 Å². The normalized spacial score (nSPS) is 7.00. The highest BCUT2D eigenvalue weighted by atomic mass is 16.5. The highest BCUT2D eigenvalue weighted by Gasteiger charge is 1.81. The second kappa shape index (κ2) is 11.9. The van der Waals surface area contributed by atoms with Gasteiger partial charge in [0.25, 0.3) is 0 Å². The van der Waals surface area contributed by atoms with E-state index in [2.05, 4.69) is 11.3 Å². The van der Waals surface area contributed by atoms with E-state index < -0.39 is 5.97 Å². The van der Waals surface area contributed by atoms with Gasteiger partial charge in [-0.3, -0.25) is 0 Å². The molecule has 15 heavy (non-hydrogen) atoms. The van der Waals surface area contributed by atoms with E-state index in [1.165, 1.54) is 7.11 Å². The third kappa shape index (κ3) is 11.9. The number of phenolic OH excluding ortho intramolecular Hbond substituents is 1. The number of ether oxygens (including phenoxy) is 1. The number of hydrogen-bond acceptors (Lipinski definition) is 4. The highest BCUT2D eigenvalue weighted by Crippen LogP contribution is 2.02. The van der Waals surface area contributed by atoms with Crippen molar-refractivity contribution in [2.24, 2.45) is 0 Å². The van der Waals surface area contributed by atoms with E-state index in [1.54, 1.807) is 24.3 Å². The van der Waals surface area contributed by atoms with Crippen LogP contribution in [0.4, 0.5) is 0 Å². The Bertz CT molecular complexity index is 269. The lowest BCUT2D eigenvalue weighted by Gasteiger charge is -1.83. The quantitative estimate of drug-likeness (QED) is 0.564. The summed E-state index contributed by atoms with van der Waals surface area (Å²) in [7, 11) is 1.31. The summed E-state index contributed by atoms with van der Waals surface area (Å²) in [6.07, 6.45) is 1.11. The fraction of sp³-hybridized carbons (Fsp3) is 0.0909. The number of carbonyl (C=O) groups excluding carboxylic acids is 2. The predicted octanol–water partition coefficient (Wildman–Crippen LogP) is 1.55. The minimum atomic E-state index is -0.394. The SMILES string of the molecule is C=CC(=O)OC.C=O.Oc1ccccc1. The van der Waals surface area contributed by atoms with Crippen LogP contribution in [0.15, 0.2) is 43.0 Å². The number of carbonyl (C=O) groups is 2. The summed E-state index contributed by atoms with van der Waals surface area (Å²) in [4.78, 5) is 17.8. The molecule has 0 bridgehead atoms. The lowest BCUT2D eigenvalue weighted by molar-refractivity contribution is -0.134. The van der Waals surface area contributed by atoms with E-state index in [-0.39, 0.29) is 0 Å². The van der Waals surface area contributed by atoms with Gasteiger partial charge in [-0.2, -0.15) is 0 Å². The molecule has 4 nitrogen and oxygen atoms in total. The van der Waals surface area contributed by atoms with Crippen molar-refractivity contribution in [1.29, 1.82) is 0 Å². The first-order chi connectivity index (χ1) is 7.20. The van der Waals surface area contributed by atoms with Crippen LogP contribution in [0.3, 0.4) is 0 Å². The molecule has 0 saturated carbocycles. The summed E-state index contributed by atoms with van der Waals surface area (Å²) < 4.78 is 4.14. The van der Waals surface area contributed by atoms with Crippen molar-refractivity contribution in [1.82, 2.24) is 0 Å². The molecule has 0 atom stereocenters. The molecule has 1 aromatic carbocycles. The summed E-state index contributed by atoms with van der Waals surface area (Å²) in [5.74, 6) is -0.0718. The molecule has 0 aromatic heterocycles. The first kappa shape index (κ1) is 15.4. The van der Waals surface area contributed by atoms with Gasteiger partial charge >= 0.3 is 5.97 Å². The summed E-state index contributed by atoms with van der Waals surface area (Å²) in [5.41, 5.74) is 0. The van der Waals surface area contributed by atoms with Crippen molar-refractivity contribution < 1.29 is 19.4 Å². The summed E-state index contributed by atoms with van der Waals surface area (Å²) in [6.45, 7) is 5.16. The standard InChI is InChI=1S/C6H6O.C4H6O2.CH2O/c7-6-4-2-1-3-5-6;1-3-4(5)6-2;1-2/h1-5,7H;3H,1H2,2H3;1H2. The van der Waals surface area contributed by atoms with E-state index >= 15 is 0 Å². The van der Waals surface area contributed by atoms with Gasteiger partial charge in [-0.05, 0) is 12.1 Å². The van der Waals surface area contributed by atoms with E-state index in [0.717, 1.165) is 6.08 Å². The number of para-hydroxylation sites is 1. The molecule has 0 heterocycles. The lowest BCUT2D eigenvalue weighted by atomic mass is 10.3. The van der Waals surface area contributed by atoms with E-state index in [9.17, 15) is 4.79 Å². The van der Waals surface area contributed by atoms with Gasteiger partial charge < -0.3 is 14.6 Å². The smallest absolute Gasteiger partial charge is 0.329 e. The molecule has 1 rings (SSSR count).